The molecule has 100 valence electrons. The zero-order valence-corrected chi connectivity index (χ0v) is 11.3. The minimum Gasteiger partial charge on any atom is -0.466 e. The van der Waals surface area contributed by atoms with Gasteiger partial charge in [-0.05, 0) is 37.0 Å². The number of methoxy groups -OCH3 is 1. The van der Waals surface area contributed by atoms with Crippen LogP contribution in [0.25, 0.3) is 6.08 Å². The molecular formula is C15H22O3. The lowest BCUT2D eigenvalue weighted by Crippen LogP contribution is -1.95. The summed E-state index contributed by atoms with van der Waals surface area (Å²) in [6.45, 7) is 4.27. The lowest BCUT2D eigenvalue weighted by atomic mass is 9.99. The van der Waals surface area contributed by atoms with Crippen molar-refractivity contribution >= 4 is 12.0 Å². The van der Waals surface area contributed by atoms with Gasteiger partial charge in [-0.3, -0.25) is 0 Å². The monoisotopic (exact) mass is 250 g/mol. The first-order valence-electron chi connectivity index (χ1n) is 6.03. The van der Waals surface area contributed by atoms with E-state index < -0.39 is 0 Å². The van der Waals surface area contributed by atoms with Gasteiger partial charge in [-0.25, -0.2) is 4.79 Å². The van der Waals surface area contributed by atoms with E-state index in [9.17, 15) is 4.79 Å². The quantitative estimate of drug-likeness (QED) is 0.596. The van der Waals surface area contributed by atoms with E-state index in [0.29, 0.717) is 0 Å². The van der Waals surface area contributed by atoms with Gasteiger partial charge in [0.05, 0.1) is 7.11 Å². The number of esters is 1. The second-order valence-electron chi connectivity index (χ2n) is 4.16. The number of hydrogen-bond acceptors (Lipinski definition) is 2. The predicted octanol–water partition coefficient (Wildman–Crippen LogP) is 2.70. The molecule has 18 heavy (non-hydrogen) atoms. The fourth-order valence-electron chi connectivity index (χ4n) is 1.71. The Morgan fingerprint density at radius 3 is 2.72 bits per heavy atom. The molecule has 0 amide bonds. The van der Waals surface area contributed by atoms with Crippen molar-refractivity contribution in [1.29, 1.82) is 0 Å². The molecule has 3 heteroatoms. The third-order valence-corrected chi connectivity index (χ3v) is 2.70. The molecule has 0 aliphatic carbocycles. The Morgan fingerprint density at radius 1 is 1.39 bits per heavy atom. The van der Waals surface area contributed by atoms with Crippen molar-refractivity contribution in [2.75, 3.05) is 7.11 Å². The van der Waals surface area contributed by atoms with Gasteiger partial charge in [0.2, 0.25) is 0 Å². The van der Waals surface area contributed by atoms with Gasteiger partial charge in [-0.2, -0.15) is 0 Å². The molecule has 0 spiro atoms. The number of rotatable bonds is 5. The van der Waals surface area contributed by atoms with Crippen LogP contribution in [0.1, 0.15) is 36.5 Å². The van der Waals surface area contributed by atoms with Gasteiger partial charge >= 0.3 is 5.97 Å². The Labute approximate surface area is 109 Å². The number of carbonyl (C=O) groups excluding carboxylic acids is 1. The SMILES string of the molecule is CCCCc1cc(C)ccc1/C=C/C(=O)OC.O. The van der Waals surface area contributed by atoms with Gasteiger partial charge in [0.25, 0.3) is 0 Å². The van der Waals surface area contributed by atoms with Crippen LogP contribution >= 0.6 is 0 Å². The molecule has 0 saturated heterocycles. The van der Waals surface area contributed by atoms with Crippen LogP contribution in [0.15, 0.2) is 24.3 Å². The summed E-state index contributed by atoms with van der Waals surface area (Å²) >= 11 is 0. The van der Waals surface area contributed by atoms with Crippen LogP contribution in [0, 0.1) is 6.92 Å². The average Bonchev–Trinajstić information content (AvgIpc) is 2.34. The van der Waals surface area contributed by atoms with Gasteiger partial charge in [0.15, 0.2) is 0 Å². The summed E-state index contributed by atoms with van der Waals surface area (Å²) in [7, 11) is 1.39. The highest BCUT2D eigenvalue weighted by Crippen LogP contribution is 2.16. The molecule has 1 aromatic rings. The second-order valence-corrected chi connectivity index (χ2v) is 4.16. The Kier molecular flexibility index (Phi) is 7.72. The second kappa shape index (κ2) is 8.48. The molecule has 3 nitrogen and oxygen atoms in total. The number of benzene rings is 1. The zero-order valence-electron chi connectivity index (χ0n) is 11.3. The van der Waals surface area contributed by atoms with Crippen LogP contribution in [0.3, 0.4) is 0 Å². The maximum atomic E-state index is 11.1. The summed E-state index contributed by atoms with van der Waals surface area (Å²) in [5, 5.41) is 0. The molecule has 2 N–H and O–H groups in total. The van der Waals surface area contributed by atoms with E-state index in [1.54, 1.807) is 0 Å². The molecule has 0 heterocycles. The van der Waals surface area contributed by atoms with Crippen LogP contribution in [0.4, 0.5) is 0 Å². The Bertz CT molecular complexity index is 408. The van der Waals surface area contributed by atoms with Gasteiger partial charge in [0.1, 0.15) is 0 Å². The van der Waals surface area contributed by atoms with Crippen LogP contribution in [-0.2, 0) is 16.0 Å². The smallest absolute Gasteiger partial charge is 0.330 e. The molecule has 1 aromatic carbocycles. The van der Waals surface area contributed by atoms with Gasteiger partial charge in [-0.15, -0.1) is 0 Å². The molecule has 0 saturated carbocycles. The van der Waals surface area contributed by atoms with Gasteiger partial charge in [-0.1, -0.05) is 37.1 Å². The minimum absolute atomic E-state index is 0. The van der Waals surface area contributed by atoms with Crippen molar-refractivity contribution in [3.63, 3.8) is 0 Å². The van der Waals surface area contributed by atoms with Gasteiger partial charge in [0, 0.05) is 6.08 Å². The first kappa shape index (κ1) is 16.4. The predicted molar refractivity (Wildman–Crippen MR) is 74.5 cm³/mol. The molecule has 0 aliphatic heterocycles. The summed E-state index contributed by atoms with van der Waals surface area (Å²) in [6.07, 6.45) is 6.70. The van der Waals surface area contributed by atoms with Crippen LogP contribution in [0.5, 0.6) is 0 Å². The standard InChI is InChI=1S/C15H20O2.H2O/c1-4-5-6-14-11-12(2)7-8-13(14)9-10-15(16)17-3;/h7-11H,4-6H2,1-3H3;1H2/b10-9+;. The first-order chi connectivity index (χ1) is 8.17. The Hall–Kier alpha value is -1.61. The van der Waals surface area contributed by atoms with E-state index >= 15 is 0 Å². The van der Waals surface area contributed by atoms with E-state index in [-0.39, 0.29) is 11.4 Å². The number of hydrogen-bond donors (Lipinski definition) is 0. The third-order valence-electron chi connectivity index (χ3n) is 2.70. The van der Waals surface area contributed by atoms with Crippen molar-refractivity contribution in [2.24, 2.45) is 0 Å². The average molecular weight is 250 g/mol. The molecule has 0 unspecified atom stereocenters. The highest BCUT2D eigenvalue weighted by atomic mass is 16.5. The normalized spacial score (nSPS) is 10.2. The zero-order chi connectivity index (χ0) is 12.7. The Balaban J connectivity index is 0.00000289. The fourth-order valence-corrected chi connectivity index (χ4v) is 1.71. The highest BCUT2D eigenvalue weighted by Gasteiger charge is 2.01. The highest BCUT2D eigenvalue weighted by molar-refractivity contribution is 5.87. The lowest BCUT2D eigenvalue weighted by molar-refractivity contribution is -0.134. The maximum absolute atomic E-state index is 11.1. The van der Waals surface area contributed by atoms with Crippen molar-refractivity contribution in [3.05, 3.63) is 41.0 Å². The van der Waals surface area contributed by atoms with E-state index in [4.69, 9.17) is 0 Å². The summed E-state index contributed by atoms with van der Waals surface area (Å²) in [6, 6.07) is 6.30. The van der Waals surface area contributed by atoms with E-state index in [2.05, 4.69) is 36.8 Å². The molecule has 1 rings (SSSR count). The molecular weight excluding hydrogens is 228 g/mol. The topological polar surface area (TPSA) is 57.8 Å². The van der Waals surface area contributed by atoms with Crippen LogP contribution in [0.2, 0.25) is 0 Å². The van der Waals surface area contributed by atoms with Gasteiger partial charge < -0.3 is 10.2 Å². The van der Waals surface area contributed by atoms with Crippen molar-refractivity contribution in [3.8, 4) is 0 Å². The minimum atomic E-state index is -0.313. The van der Waals surface area contributed by atoms with Crippen LogP contribution in [-0.4, -0.2) is 18.6 Å². The first-order valence-corrected chi connectivity index (χ1v) is 6.03. The van der Waals surface area contributed by atoms with E-state index in [1.807, 2.05) is 6.08 Å². The summed E-state index contributed by atoms with van der Waals surface area (Å²) in [5.41, 5.74) is 3.66. The summed E-state index contributed by atoms with van der Waals surface area (Å²) in [4.78, 5) is 11.1. The third kappa shape index (κ3) is 5.15. The number of aryl methyl sites for hydroxylation is 2. The fraction of sp³-hybridized carbons (Fsp3) is 0.400. The Morgan fingerprint density at radius 2 is 2.11 bits per heavy atom. The molecule has 0 aromatic heterocycles. The summed E-state index contributed by atoms with van der Waals surface area (Å²) < 4.78 is 4.59. The number of carbonyl (C=O) groups is 1. The molecule has 0 atom stereocenters. The van der Waals surface area contributed by atoms with E-state index in [1.165, 1.54) is 37.2 Å². The maximum Gasteiger partial charge on any atom is 0.330 e. The molecule has 0 aliphatic rings. The molecule has 0 bridgehead atoms. The summed E-state index contributed by atoms with van der Waals surface area (Å²) in [5.74, 6) is -0.313. The van der Waals surface area contributed by atoms with Crippen molar-refractivity contribution < 1.29 is 15.0 Å². The van der Waals surface area contributed by atoms with E-state index in [0.717, 1.165) is 12.0 Å². The largest absolute Gasteiger partial charge is 0.466 e. The van der Waals surface area contributed by atoms with Crippen molar-refractivity contribution in [2.45, 2.75) is 33.1 Å². The molecule has 0 fully saturated rings. The number of unbranched alkanes of at least 4 members (excludes halogenated alkanes) is 1. The van der Waals surface area contributed by atoms with Crippen molar-refractivity contribution in [1.82, 2.24) is 0 Å². The number of ether oxygens (including phenoxy) is 1. The van der Waals surface area contributed by atoms with Crippen LogP contribution < -0.4 is 0 Å². The molecule has 0 radical (unpaired) electrons. The lowest BCUT2D eigenvalue weighted by Gasteiger charge is -2.06.